The molecule has 3 nitrogen and oxygen atoms in total. The lowest BCUT2D eigenvalue weighted by Gasteiger charge is -2.04. The number of Topliss-reactive ketones (excluding diaryl/α,β-unsaturated/α-hetero) is 1. The van der Waals surface area contributed by atoms with Crippen molar-refractivity contribution in [3.05, 3.63) is 0 Å². The van der Waals surface area contributed by atoms with Gasteiger partial charge in [-0.25, -0.2) is 0 Å². The van der Waals surface area contributed by atoms with Crippen molar-refractivity contribution in [3.8, 4) is 0 Å². The average molecular weight is 240 g/mol. The molecular formula is C14H24O3. The van der Waals surface area contributed by atoms with E-state index in [1.165, 1.54) is 25.7 Å². The lowest BCUT2D eigenvalue weighted by molar-refractivity contribution is -0.145. The third-order valence-corrected chi connectivity index (χ3v) is 3.22. The first-order chi connectivity index (χ1) is 8.29. The van der Waals surface area contributed by atoms with Gasteiger partial charge in [0.1, 0.15) is 5.78 Å². The van der Waals surface area contributed by atoms with Crippen LogP contribution in [0, 0.1) is 0 Å². The molecule has 0 aliphatic carbocycles. The smallest absolute Gasteiger partial charge is 0.306 e. The highest BCUT2D eigenvalue weighted by Gasteiger charge is 2.08. The van der Waals surface area contributed by atoms with Crippen LogP contribution in [0.25, 0.3) is 0 Å². The van der Waals surface area contributed by atoms with E-state index in [-0.39, 0.29) is 18.2 Å². The Labute approximate surface area is 104 Å². The summed E-state index contributed by atoms with van der Waals surface area (Å²) in [6, 6.07) is 0. The van der Waals surface area contributed by atoms with Crippen LogP contribution in [0.3, 0.4) is 0 Å². The minimum absolute atomic E-state index is 0.205. The molecule has 1 rings (SSSR count). The van der Waals surface area contributed by atoms with Gasteiger partial charge in [0.05, 0.1) is 13.0 Å². The zero-order valence-electron chi connectivity index (χ0n) is 10.7. The number of carbonyl (C=O) groups excluding carboxylic acids is 2. The summed E-state index contributed by atoms with van der Waals surface area (Å²) in [6.07, 6.45) is 10.5. The number of carbonyl (C=O) groups is 2. The summed E-state index contributed by atoms with van der Waals surface area (Å²) in [7, 11) is 0. The topological polar surface area (TPSA) is 43.4 Å². The van der Waals surface area contributed by atoms with E-state index < -0.39 is 0 Å². The molecule has 1 saturated heterocycles. The summed E-state index contributed by atoms with van der Waals surface area (Å²) >= 11 is 0. The molecule has 0 amide bonds. The molecule has 0 radical (unpaired) electrons. The molecule has 1 aliphatic heterocycles. The Morgan fingerprint density at radius 3 is 1.94 bits per heavy atom. The van der Waals surface area contributed by atoms with Crippen molar-refractivity contribution in [1.82, 2.24) is 0 Å². The van der Waals surface area contributed by atoms with Gasteiger partial charge < -0.3 is 4.74 Å². The summed E-state index contributed by atoms with van der Waals surface area (Å²) in [5.41, 5.74) is 0. The van der Waals surface area contributed by atoms with Gasteiger partial charge in [0.25, 0.3) is 0 Å². The van der Waals surface area contributed by atoms with E-state index in [1.807, 2.05) is 0 Å². The van der Waals surface area contributed by atoms with Gasteiger partial charge in [-0.1, -0.05) is 38.5 Å². The second-order valence-corrected chi connectivity index (χ2v) is 4.84. The summed E-state index contributed by atoms with van der Waals surface area (Å²) in [6.45, 7) is 0.521. The Morgan fingerprint density at radius 2 is 1.24 bits per heavy atom. The van der Waals surface area contributed by atoms with Gasteiger partial charge in [0.15, 0.2) is 0 Å². The molecular weight excluding hydrogens is 216 g/mol. The number of esters is 1. The van der Waals surface area contributed by atoms with Crippen LogP contribution in [0.2, 0.25) is 0 Å². The lowest BCUT2D eigenvalue weighted by atomic mass is 10.0. The Hall–Kier alpha value is -0.860. The number of hydrogen-bond acceptors (Lipinski definition) is 3. The van der Waals surface area contributed by atoms with Crippen LogP contribution in [-0.4, -0.2) is 18.4 Å². The average Bonchev–Trinajstić information content (AvgIpc) is 2.33. The van der Waals surface area contributed by atoms with Crippen molar-refractivity contribution in [3.63, 3.8) is 0 Å². The highest BCUT2D eigenvalue weighted by atomic mass is 16.5. The highest BCUT2D eigenvalue weighted by Crippen LogP contribution is 2.11. The Balaban J connectivity index is 2.25. The maximum atomic E-state index is 11.5. The number of ketones is 1. The Morgan fingerprint density at radius 1 is 0.647 bits per heavy atom. The minimum atomic E-state index is -0.215. The van der Waals surface area contributed by atoms with Crippen molar-refractivity contribution in [2.45, 2.75) is 70.6 Å². The lowest BCUT2D eigenvalue weighted by Crippen LogP contribution is -2.08. The van der Waals surface area contributed by atoms with E-state index in [9.17, 15) is 9.59 Å². The number of rotatable bonds is 0. The SMILES string of the molecule is O=C1CCCCCCCCCCOC(=O)CC1. The molecule has 0 unspecified atom stereocenters. The Kier molecular flexibility index (Phi) is 7.69. The van der Waals surface area contributed by atoms with Gasteiger partial charge in [-0.05, 0) is 12.8 Å². The fourth-order valence-corrected chi connectivity index (χ4v) is 2.11. The molecule has 1 aliphatic rings. The van der Waals surface area contributed by atoms with Gasteiger partial charge in [-0.3, -0.25) is 9.59 Å². The van der Waals surface area contributed by atoms with E-state index in [0.29, 0.717) is 19.4 Å². The van der Waals surface area contributed by atoms with Crippen molar-refractivity contribution in [2.24, 2.45) is 0 Å². The number of ether oxygens (including phenoxy) is 1. The van der Waals surface area contributed by atoms with Gasteiger partial charge in [0, 0.05) is 12.8 Å². The van der Waals surface area contributed by atoms with Crippen LogP contribution in [0.5, 0.6) is 0 Å². The van der Waals surface area contributed by atoms with Crippen LogP contribution in [0.4, 0.5) is 0 Å². The number of cyclic esters (lactones) is 1. The van der Waals surface area contributed by atoms with Gasteiger partial charge >= 0.3 is 5.97 Å². The first kappa shape index (κ1) is 14.2. The maximum Gasteiger partial charge on any atom is 0.306 e. The number of hydrogen-bond donors (Lipinski definition) is 0. The van der Waals surface area contributed by atoms with E-state index in [1.54, 1.807) is 0 Å². The normalized spacial score (nSPS) is 22.4. The highest BCUT2D eigenvalue weighted by molar-refractivity contribution is 5.82. The zero-order valence-corrected chi connectivity index (χ0v) is 10.7. The Bertz CT molecular complexity index is 212. The van der Waals surface area contributed by atoms with E-state index in [4.69, 9.17) is 4.74 Å². The molecule has 0 spiro atoms. The second-order valence-electron chi connectivity index (χ2n) is 4.84. The van der Waals surface area contributed by atoms with Crippen LogP contribution in [0.15, 0.2) is 0 Å². The minimum Gasteiger partial charge on any atom is -0.466 e. The molecule has 0 N–H and O–H groups in total. The van der Waals surface area contributed by atoms with Gasteiger partial charge in [0.2, 0.25) is 0 Å². The summed E-state index contributed by atoms with van der Waals surface area (Å²) in [4.78, 5) is 22.8. The molecule has 3 heteroatoms. The molecule has 0 bridgehead atoms. The largest absolute Gasteiger partial charge is 0.466 e. The molecule has 98 valence electrons. The van der Waals surface area contributed by atoms with Crippen molar-refractivity contribution < 1.29 is 14.3 Å². The maximum absolute atomic E-state index is 11.5. The molecule has 0 aromatic heterocycles. The third kappa shape index (κ3) is 7.94. The summed E-state index contributed by atoms with van der Waals surface area (Å²) < 4.78 is 5.08. The van der Waals surface area contributed by atoms with Crippen LogP contribution < -0.4 is 0 Å². The summed E-state index contributed by atoms with van der Waals surface area (Å²) in [5.74, 6) is -0.00922. The van der Waals surface area contributed by atoms with Crippen LogP contribution in [0.1, 0.15) is 70.6 Å². The quantitative estimate of drug-likeness (QED) is 0.609. The molecule has 0 saturated carbocycles. The molecule has 0 aromatic rings. The molecule has 0 atom stereocenters. The first-order valence-corrected chi connectivity index (χ1v) is 6.96. The van der Waals surface area contributed by atoms with Crippen LogP contribution >= 0.6 is 0 Å². The first-order valence-electron chi connectivity index (χ1n) is 6.96. The molecule has 1 fully saturated rings. The second kappa shape index (κ2) is 9.20. The zero-order chi connectivity index (χ0) is 12.3. The predicted octanol–water partition coefficient (Wildman–Crippen LogP) is 3.40. The van der Waals surface area contributed by atoms with E-state index in [2.05, 4.69) is 0 Å². The van der Waals surface area contributed by atoms with Crippen molar-refractivity contribution in [1.29, 1.82) is 0 Å². The summed E-state index contributed by atoms with van der Waals surface area (Å²) in [5, 5.41) is 0. The predicted molar refractivity (Wildman–Crippen MR) is 66.8 cm³/mol. The fourth-order valence-electron chi connectivity index (χ4n) is 2.11. The monoisotopic (exact) mass is 240 g/mol. The van der Waals surface area contributed by atoms with E-state index in [0.717, 1.165) is 25.7 Å². The molecule has 1 heterocycles. The van der Waals surface area contributed by atoms with Crippen molar-refractivity contribution in [2.75, 3.05) is 6.61 Å². The van der Waals surface area contributed by atoms with Gasteiger partial charge in [-0.15, -0.1) is 0 Å². The molecule has 17 heavy (non-hydrogen) atoms. The standard InChI is InChI=1S/C14H24O3/c15-13-9-7-5-3-1-2-4-6-8-12-17-14(16)11-10-13/h1-12H2. The van der Waals surface area contributed by atoms with Crippen molar-refractivity contribution >= 4 is 11.8 Å². The third-order valence-electron chi connectivity index (χ3n) is 3.22. The van der Waals surface area contributed by atoms with E-state index >= 15 is 0 Å². The fraction of sp³-hybridized carbons (Fsp3) is 0.857. The van der Waals surface area contributed by atoms with Gasteiger partial charge in [-0.2, -0.15) is 0 Å². The molecule has 0 aromatic carbocycles. The van der Waals surface area contributed by atoms with Crippen LogP contribution in [-0.2, 0) is 14.3 Å².